The van der Waals surface area contributed by atoms with Gasteiger partial charge in [-0.25, -0.2) is 0 Å². The van der Waals surface area contributed by atoms with Gasteiger partial charge in [-0.1, -0.05) is 19.1 Å². The molecule has 0 aromatic heterocycles. The number of rotatable bonds is 7. The van der Waals surface area contributed by atoms with Gasteiger partial charge in [0.05, 0.1) is 12.2 Å². The number of aliphatic hydroxyl groups is 1. The molecule has 1 atom stereocenters. The van der Waals surface area contributed by atoms with Crippen LogP contribution in [0.4, 0.5) is 0 Å². The van der Waals surface area contributed by atoms with Gasteiger partial charge in [-0.3, -0.25) is 4.79 Å². The smallest absolute Gasteiger partial charge is 0.252 e. The minimum absolute atomic E-state index is 0.158. The Kier molecular flexibility index (Phi) is 6.34. The largest absolute Gasteiger partial charge is 0.386 e. The SMILES string of the molecule is CCSc1ccccc1C(=O)NCC(C)(O)COC. The van der Waals surface area contributed by atoms with E-state index in [-0.39, 0.29) is 19.1 Å². The summed E-state index contributed by atoms with van der Waals surface area (Å²) in [5, 5.41) is 12.7. The standard InChI is InChI=1S/C14H21NO3S/c1-4-19-12-8-6-5-7-11(12)13(16)15-9-14(2,17)10-18-3/h5-8,17H,4,9-10H2,1-3H3,(H,15,16). The van der Waals surface area contributed by atoms with Gasteiger partial charge < -0.3 is 15.2 Å². The number of carbonyl (C=O) groups is 1. The number of hydrogen-bond donors (Lipinski definition) is 2. The van der Waals surface area contributed by atoms with Crippen molar-refractivity contribution in [3.63, 3.8) is 0 Å². The van der Waals surface area contributed by atoms with E-state index >= 15 is 0 Å². The maximum atomic E-state index is 12.1. The summed E-state index contributed by atoms with van der Waals surface area (Å²) in [4.78, 5) is 13.1. The van der Waals surface area contributed by atoms with Crippen LogP contribution < -0.4 is 5.32 Å². The highest BCUT2D eigenvalue weighted by Crippen LogP contribution is 2.22. The second-order valence-electron chi connectivity index (χ2n) is 4.54. The summed E-state index contributed by atoms with van der Waals surface area (Å²) in [6.45, 7) is 4.01. The zero-order chi connectivity index (χ0) is 14.3. The Labute approximate surface area is 118 Å². The quantitative estimate of drug-likeness (QED) is 0.751. The molecule has 0 aliphatic heterocycles. The highest BCUT2D eigenvalue weighted by Gasteiger charge is 2.22. The van der Waals surface area contributed by atoms with Crippen molar-refractivity contribution < 1.29 is 14.6 Å². The molecule has 0 heterocycles. The zero-order valence-corrected chi connectivity index (χ0v) is 12.4. The average molecular weight is 283 g/mol. The van der Waals surface area contributed by atoms with Crippen LogP contribution in [0.1, 0.15) is 24.2 Å². The van der Waals surface area contributed by atoms with Gasteiger partial charge in [-0.2, -0.15) is 0 Å². The monoisotopic (exact) mass is 283 g/mol. The van der Waals surface area contributed by atoms with E-state index in [0.29, 0.717) is 5.56 Å². The Morgan fingerprint density at radius 3 is 2.79 bits per heavy atom. The van der Waals surface area contributed by atoms with Crippen molar-refractivity contribution in [2.75, 3.05) is 26.0 Å². The van der Waals surface area contributed by atoms with Crippen LogP contribution >= 0.6 is 11.8 Å². The first-order valence-corrected chi connectivity index (χ1v) is 7.20. The van der Waals surface area contributed by atoms with E-state index in [0.717, 1.165) is 10.6 Å². The number of nitrogens with one attached hydrogen (secondary N) is 1. The second-order valence-corrected chi connectivity index (χ2v) is 5.85. The summed E-state index contributed by atoms with van der Waals surface area (Å²) >= 11 is 1.63. The molecular formula is C14H21NO3S. The first-order chi connectivity index (χ1) is 9.00. The van der Waals surface area contributed by atoms with Gasteiger partial charge in [0.2, 0.25) is 0 Å². The van der Waals surface area contributed by atoms with Gasteiger partial charge in [0.25, 0.3) is 5.91 Å². The number of amides is 1. The molecule has 0 radical (unpaired) electrons. The summed E-state index contributed by atoms with van der Waals surface area (Å²) in [5.41, 5.74) is -0.417. The minimum atomic E-state index is -1.06. The summed E-state index contributed by atoms with van der Waals surface area (Å²) in [7, 11) is 1.52. The third-order valence-electron chi connectivity index (χ3n) is 2.52. The van der Waals surface area contributed by atoms with Gasteiger partial charge in [0.1, 0.15) is 5.60 Å². The fourth-order valence-corrected chi connectivity index (χ4v) is 2.47. The lowest BCUT2D eigenvalue weighted by Crippen LogP contribution is -2.43. The predicted molar refractivity (Wildman–Crippen MR) is 77.7 cm³/mol. The molecule has 0 aliphatic carbocycles. The maximum absolute atomic E-state index is 12.1. The average Bonchev–Trinajstić information content (AvgIpc) is 2.37. The zero-order valence-electron chi connectivity index (χ0n) is 11.6. The van der Waals surface area contributed by atoms with E-state index in [4.69, 9.17) is 4.74 Å². The van der Waals surface area contributed by atoms with E-state index in [9.17, 15) is 9.90 Å². The maximum Gasteiger partial charge on any atom is 0.252 e. The van der Waals surface area contributed by atoms with E-state index < -0.39 is 5.60 Å². The molecule has 2 N–H and O–H groups in total. The molecule has 0 saturated carbocycles. The van der Waals surface area contributed by atoms with Crippen molar-refractivity contribution in [3.8, 4) is 0 Å². The molecule has 1 aromatic carbocycles. The molecule has 0 bridgehead atoms. The van der Waals surface area contributed by atoms with Crippen LogP contribution in [0, 0.1) is 0 Å². The lowest BCUT2D eigenvalue weighted by atomic mass is 10.1. The van der Waals surface area contributed by atoms with Crippen LogP contribution in [0.15, 0.2) is 29.2 Å². The molecule has 1 amide bonds. The highest BCUT2D eigenvalue weighted by atomic mass is 32.2. The van der Waals surface area contributed by atoms with Crippen molar-refractivity contribution >= 4 is 17.7 Å². The molecule has 0 spiro atoms. The number of benzene rings is 1. The molecule has 1 unspecified atom stereocenters. The molecule has 0 fully saturated rings. The Balaban J connectivity index is 2.68. The molecule has 0 saturated heterocycles. The van der Waals surface area contributed by atoms with Gasteiger partial charge in [0.15, 0.2) is 0 Å². The summed E-state index contributed by atoms with van der Waals surface area (Å²) in [6, 6.07) is 7.46. The van der Waals surface area contributed by atoms with Crippen LogP contribution in [0.3, 0.4) is 0 Å². The number of thioether (sulfide) groups is 1. The third-order valence-corrected chi connectivity index (χ3v) is 3.47. The number of hydrogen-bond acceptors (Lipinski definition) is 4. The van der Waals surface area contributed by atoms with Crippen LogP contribution in [-0.2, 0) is 4.74 Å². The van der Waals surface area contributed by atoms with Crippen LogP contribution in [0.25, 0.3) is 0 Å². The fourth-order valence-electron chi connectivity index (χ4n) is 1.66. The van der Waals surface area contributed by atoms with Gasteiger partial charge in [-0.05, 0) is 24.8 Å². The van der Waals surface area contributed by atoms with E-state index in [1.165, 1.54) is 7.11 Å². The molecule has 0 aliphatic rings. The molecule has 5 heteroatoms. The van der Waals surface area contributed by atoms with Crippen molar-refractivity contribution in [2.24, 2.45) is 0 Å². The highest BCUT2D eigenvalue weighted by molar-refractivity contribution is 7.99. The lowest BCUT2D eigenvalue weighted by molar-refractivity contribution is -0.0147. The first-order valence-electron chi connectivity index (χ1n) is 6.21. The van der Waals surface area contributed by atoms with Crippen molar-refractivity contribution in [2.45, 2.75) is 24.3 Å². The summed E-state index contributed by atoms with van der Waals surface area (Å²) in [6.07, 6.45) is 0. The van der Waals surface area contributed by atoms with E-state index in [1.807, 2.05) is 25.1 Å². The van der Waals surface area contributed by atoms with Crippen LogP contribution in [-0.4, -0.2) is 42.6 Å². The fraction of sp³-hybridized carbons (Fsp3) is 0.500. The number of carbonyl (C=O) groups excluding carboxylic acids is 1. The Morgan fingerprint density at radius 2 is 2.16 bits per heavy atom. The second kappa shape index (κ2) is 7.53. The third kappa shape index (κ3) is 5.22. The Hall–Kier alpha value is -1.04. The summed E-state index contributed by atoms with van der Waals surface area (Å²) < 4.78 is 4.90. The molecule has 1 rings (SSSR count). The van der Waals surface area contributed by atoms with Crippen molar-refractivity contribution in [1.29, 1.82) is 0 Å². The molecule has 19 heavy (non-hydrogen) atoms. The predicted octanol–water partition coefficient (Wildman–Crippen LogP) is 1.93. The van der Waals surface area contributed by atoms with Gasteiger partial charge in [-0.15, -0.1) is 11.8 Å². The lowest BCUT2D eigenvalue weighted by Gasteiger charge is -2.22. The number of ether oxygens (including phenoxy) is 1. The molecule has 1 aromatic rings. The molecule has 4 nitrogen and oxygen atoms in total. The summed E-state index contributed by atoms with van der Waals surface area (Å²) in [5.74, 6) is 0.735. The van der Waals surface area contributed by atoms with E-state index in [2.05, 4.69) is 5.32 Å². The molecule has 106 valence electrons. The Bertz CT molecular complexity index is 421. The normalized spacial score (nSPS) is 13.9. The first kappa shape index (κ1) is 16.0. The number of methoxy groups -OCH3 is 1. The Morgan fingerprint density at radius 1 is 1.47 bits per heavy atom. The topological polar surface area (TPSA) is 58.6 Å². The van der Waals surface area contributed by atoms with Crippen molar-refractivity contribution in [1.82, 2.24) is 5.32 Å². The minimum Gasteiger partial charge on any atom is -0.386 e. The molecular weight excluding hydrogens is 262 g/mol. The van der Waals surface area contributed by atoms with E-state index in [1.54, 1.807) is 24.8 Å². The van der Waals surface area contributed by atoms with Gasteiger partial charge >= 0.3 is 0 Å². The van der Waals surface area contributed by atoms with Crippen molar-refractivity contribution in [3.05, 3.63) is 29.8 Å². The van der Waals surface area contributed by atoms with Crippen LogP contribution in [0.5, 0.6) is 0 Å². The van der Waals surface area contributed by atoms with Crippen LogP contribution in [0.2, 0.25) is 0 Å². The van der Waals surface area contributed by atoms with Gasteiger partial charge in [0, 0.05) is 18.6 Å².